The summed E-state index contributed by atoms with van der Waals surface area (Å²) in [7, 11) is 11.1. The molecule has 0 N–H and O–H groups in total. The fourth-order valence-corrected chi connectivity index (χ4v) is 1.59. The Kier molecular flexibility index (Phi) is 12.1. The van der Waals surface area contributed by atoms with E-state index in [1.807, 2.05) is 6.08 Å². The van der Waals surface area contributed by atoms with Crippen molar-refractivity contribution in [2.75, 3.05) is 0 Å². The smallest absolute Gasteiger partial charge is 0.358 e. The van der Waals surface area contributed by atoms with Crippen molar-refractivity contribution in [1.82, 2.24) is 0 Å². The van der Waals surface area contributed by atoms with Crippen LogP contribution >= 0.6 is 19.4 Å². The standard InChI is InChI=1S/C6H10.2CH3.2ClH.Ru/c1-5-6(2,3)4;;;;;/h5H,2-4H3;2*1H3;2*1H;/q;2*-1;;;+2/p-2. The minimum atomic E-state index is -1.67. The first kappa shape index (κ1) is 17.8. The summed E-state index contributed by atoms with van der Waals surface area (Å²) in [4.78, 5) is 0. The maximum Gasteiger partial charge on any atom is -0.358 e. The second-order valence-electron chi connectivity index (χ2n) is 2.80. The van der Waals surface area contributed by atoms with Crippen molar-refractivity contribution >= 4 is 23.6 Å². The van der Waals surface area contributed by atoms with Crippen LogP contribution in [0.15, 0.2) is 6.08 Å². The van der Waals surface area contributed by atoms with Gasteiger partial charge in [-0.15, -0.1) is 0 Å². The third-order valence-corrected chi connectivity index (χ3v) is 2.10. The van der Waals surface area contributed by atoms with E-state index < -0.39 is 13.5 Å². The van der Waals surface area contributed by atoms with Crippen molar-refractivity contribution in [3.63, 3.8) is 0 Å². The minimum absolute atomic E-state index is 0. The molecule has 0 aliphatic heterocycles. The van der Waals surface area contributed by atoms with Crippen molar-refractivity contribution in [3.05, 3.63) is 20.9 Å². The Morgan fingerprint density at radius 2 is 1.55 bits per heavy atom. The van der Waals surface area contributed by atoms with Crippen molar-refractivity contribution in [3.8, 4) is 0 Å². The third-order valence-electron chi connectivity index (χ3n) is 0.561. The van der Waals surface area contributed by atoms with Crippen molar-refractivity contribution in [2.24, 2.45) is 5.41 Å². The summed E-state index contributed by atoms with van der Waals surface area (Å²) in [5, 5.41) is 0. The largest absolute Gasteiger partial charge is 0.358 e. The topological polar surface area (TPSA) is 0 Å². The van der Waals surface area contributed by atoms with Gasteiger partial charge in [0, 0.05) is 0 Å². The van der Waals surface area contributed by atoms with Gasteiger partial charge in [-0.3, -0.25) is 0 Å². The molecule has 0 spiro atoms. The summed E-state index contributed by atoms with van der Waals surface area (Å²) in [6.07, 6.45) is 1.94. The van der Waals surface area contributed by atoms with Crippen LogP contribution in [0.25, 0.3) is 0 Å². The van der Waals surface area contributed by atoms with Crippen LogP contribution in [-0.4, -0.2) is 4.26 Å². The second kappa shape index (κ2) is 7.50. The van der Waals surface area contributed by atoms with Gasteiger partial charge in [-0.05, 0) is 0 Å². The van der Waals surface area contributed by atoms with E-state index in [0.29, 0.717) is 0 Å². The molecule has 0 rings (SSSR count). The molecule has 3 heteroatoms. The third kappa shape index (κ3) is 18.1. The quantitative estimate of drug-likeness (QED) is 0.468. The van der Waals surface area contributed by atoms with Gasteiger partial charge >= 0.3 is 69.4 Å². The first-order valence-corrected chi connectivity index (χ1v) is 7.87. The van der Waals surface area contributed by atoms with Gasteiger partial charge < -0.3 is 14.9 Å². The van der Waals surface area contributed by atoms with Gasteiger partial charge in [-0.1, -0.05) is 0 Å². The molecule has 0 aromatic heterocycles. The van der Waals surface area contributed by atoms with Gasteiger partial charge in [0.15, 0.2) is 0 Å². The van der Waals surface area contributed by atoms with Crippen LogP contribution in [-0.2, 0) is 13.5 Å². The number of allylic oxidation sites excluding steroid dienone is 1. The average Bonchev–Trinajstić information content (AvgIpc) is 1.59. The molecule has 0 bridgehead atoms. The summed E-state index contributed by atoms with van der Waals surface area (Å²) in [6.45, 7) is 6.27. The molecule has 0 nitrogen and oxygen atoms in total. The number of hydrogen-bond donors (Lipinski definition) is 0. The zero-order chi connectivity index (χ0) is 7.49. The van der Waals surface area contributed by atoms with Gasteiger partial charge in [0.2, 0.25) is 0 Å². The van der Waals surface area contributed by atoms with E-state index in [0.717, 1.165) is 0 Å². The van der Waals surface area contributed by atoms with Crippen LogP contribution in [0.2, 0.25) is 0 Å². The molecule has 0 unspecified atom stereocenters. The average molecular weight is 284 g/mol. The maximum atomic E-state index is 5.55. The molecular weight excluding hydrogens is 268 g/mol. The molecule has 0 radical (unpaired) electrons. The van der Waals surface area contributed by atoms with Crippen LogP contribution in [0.1, 0.15) is 20.8 Å². The van der Waals surface area contributed by atoms with E-state index in [4.69, 9.17) is 19.4 Å². The fraction of sp³-hybridized carbons (Fsp3) is 0.500. The van der Waals surface area contributed by atoms with Crippen LogP contribution in [0.5, 0.6) is 0 Å². The predicted molar refractivity (Wildman–Crippen MR) is 53.6 cm³/mol. The van der Waals surface area contributed by atoms with E-state index in [1.165, 1.54) is 0 Å². The molecule has 0 atom stereocenters. The number of rotatable bonds is 0. The molecule has 0 aliphatic rings. The predicted octanol–water partition coefficient (Wildman–Crippen LogP) is 3.82. The summed E-state index contributed by atoms with van der Waals surface area (Å²) >= 11 is -1.67. The normalized spacial score (nSPS) is 10.1. The molecular formula is C8H16Cl2Ru-2. The van der Waals surface area contributed by atoms with Gasteiger partial charge in [-0.25, -0.2) is 0 Å². The molecule has 0 aliphatic carbocycles. The molecule has 0 heterocycles. The van der Waals surface area contributed by atoms with Crippen LogP contribution in [0.3, 0.4) is 0 Å². The van der Waals surface area contributed by atoms with Crippen molar-refractivity contribution in [2.45, 2.75) is 20.8 Å². The second-order valence-corrected chi connectivity index (χ2v) is 8.18. The summed E-state index contributed by atoms with van der Waals surface area (Å²) in [5.41, 5.74) is 0.163. The Hall–Kier alpha value is 0.853. The van der Waals surface area contributed by atoms with E-state index in [1.54, 1.807) is 0 Å². The Labute approximate surface area is 84.1 Å². The summed E-state index contributed by atoms with van der Waals surface area (Å²) in [5.74, 6) is 0. The first-order chi connectivity index (χ1) is 3.92. The first-order valence-electron chi connectivity index (χ1n) is 2.52. The van der Waals surface area contributed by atoms with Gasteiger partial charge in [0.25, 0.3) is 0 Å². The molecule has 0 amide bonds. The molecule has 0 fully saturated rings. The number of hydrogen-bond acceptors (Lipinski definition) is 0. The van der Waals surface area contributed by atoms with Gasteiger partial charge in [0.05, 0.1) is 0 Å². The zero-order valence-electron chi connectivity index (χ0n) is 7.69. The summed E-state index contributed by atoms with van der Waals surface area (Å²) < 4.78 is 2.93. The fourth-order valence-electron chi connectivity index (χ4n) is 0.192. The minimum Gasteiger partial charge on any atom is -0.358 e. The molecule has 0 aromatic carbocycles. The van der Waals surface area contributed by atoms with Gasteiger partial charge in [0.1, 0.15) is 0 Å². The molecule has 0 saturated heterocycles. The molecule has 0 aromatic rings. The van der Waals surface area contributed by atoms with Crippen LogP contribution < -0.4 is 0 Å². The Bertz CT molecular complexity index is 146. The van der Waals surface area contributed by atoms with E-state index >= 15 is 0 Å². The Morgan fingerprint density at radius 1 is 1.18 bits per heavy atom. The molecule has 11 heavy (non-hydrogen) atoms. The number of halogens is 2. The van der Waals surface area contributed by atoms with E-state index in [2.05, 4.69) is 25.0 Å². The van der Waals surface area contributed by atoms with Crippen LogP contribution in [0.4, 0.5) is 0 Å². The van der Waals surface area contributed by atoms with Gasteiger partial charge in [-0.2, -0.15) is 0 Å². The van der Waals surface area contributed by atoms with Crippen LogP contribution in [0, 0.1) is 20.3 Å². The molecule has 0 saturated carbocycles. The van der Waals surface area contributed by atoms with Crippen molar-refractivity contribution < 1.29 is 13.5 Å². The SMILES string of the molecule is CC(C)(C)C=[C]=[Ru]([Cl])[Cl].[CH3-].[CH3-]. The Morgan fingerprint density at radius 3 is 1.64 bits per heavy atom. The van der Waals surface area contributed by atoms with E-state index in [-0.39, 0.29) is 20.3 Å². The Balaban J connectivity index is -0.000000320. The molecule has 72 valence electrons. The monoisotopic (exact) mass is 284 g/mol. The van der Waals surface area contributed by atoms with E-state index in [9.17, 15) is 0 Å². The zero-order valence-corrected chi connectivity index (χ0v) is 10.9. The van der Waals surface area contributed by atoms with Crippen molar-refractivity contribution in [1.29, 1.82) is 0 Å². The maximum absolute atomic E-state index is 5.55. The summed E-state index contributed by atoms with van der Waals surface area (Å²) in [6, 6.07) is 0.